The van der Waals surface area contributed by atoms with Gasteiger partial charge in [-0.05, 0) is 12.1 Å². The lowest BCUT2D eigenvalue weighted by Crippen LogP contribution is -2.21. The molecule has 2 unspecified atom stereocenters. The summed E-state index contributed by atoms with van der Waals surface area (Å²) < 4.78 is -0.479. The van der Waals surface area contributed by atoms with Crippen molar-refractivity contribution in [3.05, 3.63) is 54.1 Å². The van der Waals surface area contributed by atoms with Crippen LogP contribution in [0.5, 0.6) is 5.75 Å². The molecule has 1 aliphatic carbocycles. The minimum Gasteiger partial charge on any atom is -0.508 e. The summed E-state index contributed by atoms with van der Waals surface area (Å²) in [4.78, 5) is -0.874. The number of thioether (sulfide) groups is 1. The van der Waals surface area contributed by atoms with E-state index in [1.165, 1.54) is 11.8 Å². The summed E-state index contributed by atoms with van der Waals surface area (Å²) in [6.45, 7) is 0. The molecule has 3 heteroatoms. The summed E-state index contributed by atoms with van der Waals surface area (Å²) >= 11 is 1.44. The summed E-state index contributed by atoms with van der Waals surface area (Å²) in [7, 11) is 0. The van der Waals surface area contributed by atoms with Gasteiger partial charge in [-0.25, -0.2) is 0 Å². The maximum absolute atomic E-state index is 10.2. The molecule has 2 aliphatic rings. The molecule has 76 valence electrons. The highest BCUT2D eigenvalue weighted by atomic mass is 32.2. The third-order valence-electron chi connectivity index (χ3n) is 2.88. The van der Waals surface area contributed by atoms with Crippen LogP contribution in [0.2, 0.25) is 0 Å². The molecule has 3 rings (SSSR count). The second kappa shape index (κ2) is 2.68. The second-order valence-electron chi connectivity index (χ2n) is 3.77. The van der Waals surface area contributed by atoms with E-state index in [0.29, 0.717) is 0 Å². The van der Waals surface area contributed by atoms with Gasteiger partial charge >= 0.3 is 0 Å². The molecule has 0 spiro atoms. The first-order valence-electron chi connectivity index (χ1n) is 4.76. The Morgan fingerprint density at radius 2 is 1.80 bits per heavy atom. The van der Waals surface area contributed by atoms with Crippen molar-refractivity contribution in [2.75, 3.05) is 0 Å². The minimum absolute atomic E-state index is 0.237. The Bertz CT molecular complexity index is 480. The highest BCUT2D eigenvalue weighted by Crippen LogP contribution is 2.72. The maximum atomic E-state index is 10.2. The molecule has 1 aliphatic heterocycles. The number of benzene rings is 1. The summed E-state index contributed by atoms with van der Waals surface area (Å²) in [5, 5.41) is 20.0. The zero-order valence-corrected chi connectivity index (χ0v) is 8.74. The van der Waals surface area contributed by atoms with Gasteiger partial charge in [-0.2, -0.15) is 0 Å². The lowest BCUT2D eigenvalue weighted by molar-refractivity contribution is 0.198. The number of hydrogen-bond donors (Lipinski definition) is 2. The number of fused-ring (bicyclic) bond motifs is 1. The lowest BCUT2D eigenvalue weighted by Gasteiger charge is -2.17. The van der Waals surface area contributed by atoms with Gasteiger partial charge in [0.15, 0.2) is 4.93 Å². The van der Waals surface area contributed by atoms with Crippen molar-refractivity contribution in [3.63, 3.8) is 0 Å². The normalized spacial score (nSPS) is 36.3. The van der Waals surface area contributed by atoms with Gasteiger partial charge in [0.05, 0.1) is 0 Å². The van der Waals surface area contributed by atoms with Gasteiger partial charge in [-0.1, -0.05) is 36.4 Å². The van der Waals surface area contributed by atoms with Crippen molar-refractivity contribution in [1.29, 1.82) is 0 Å². The Hall–Kier alpha value is -1.19. The molecule has 1 fully saturated rings. The number of para-hydroxylation sites is 1. The fraction of sp³-hybridized carbons (Fsp3) is 0.167. The molecule has 1 saturated heterocycles. The molecule has 0 amide bonds. The third-order valence-corrected chi connectivity index (χ3v) is 4.43. The quantitative estimate of drug-likeness (QED) is 0.709. The molecule has 0 aromatic heterocycles. The molecular formula is C12H10O2S. The second-order valence-corrected chi connectivity index (χ2v) is 5.24. The zero-order chi connectivity index (χ0) is 10.5. The molecule has 15 heavy (non-hydrogen) atoms. The molecule has 2 atom stereocenters. The van der Waals surface area contributed by atoms with Crippen LogP contribution in [0.4, 0.5) is 0 Å². The van der Waals surface area contributed by atoms with Crippen LogP contribution in [0.25, 0.3) is 0 Å². The van der Waals surface area contributed by atoms with Crippen molar-refractivity contribution in [2.45, 2.75) is 9.68 Å². The number of rotatable bonds is 1. The van der Waals surface area contributed by atoms with Crippen LogP contribution in [0.1, 0.15) is 5.56 Å². The van der Waals surface area contributed by atoms with E-state index < -0.39 is 9.68 Å². The largest absolute Gasteiger partial charge is 0.508 e. The Morgan fingerprint density at radius 1 is 1.07 bits per heavy atom. The molecule has 1 aromatic rings. The van der Waals surface area contributed by atoms with Crippen LogP contribution >= 0.6 is 11.8 Å². The summed E-state index contributed by atoms with van der Waals surface area (Å²) in [5.41, 5.74) is 0.776. The average molecular weight is 218 g/mol. The Morgan fingerprint density at radius 3 is 2.53 bits per heavy atom. The Labute approximate surface area is 91.9 Å². The van der Waals surface area contributed by atoms with E-state index in [9.17, 15) is 10.2 Å². The van der Waals surface area contributed by atoms with Gasteiger partial charge in [0.25, 0.3) is 0 Å². The van der Waals surface area contributed by atoms with Crippen LogP contribution in [-0.2, 0) is 4.75 Å². The molecule has 1 aromatic carbocycles. The van der Waals surface area contributed by atoms with Gasteiger partial charge in [0.2, 0.25) is 0 Å². The van der Waals surface area contributed by atoms with Crippen molar-refractivity contribution in [1.82, 2.24) is 0 Å². The van der Waals surface area contributed by atoms with Crippen molar-refractivity contribution < 1.29 is 10.2 Å². The van der Waals surface area contributed by atoms with Crippen LogP contribution in [0.3, 0.4) is 0 Å². The van der Waals surface area contributed by atoms with E-state index in [4.69, 9.17) is 0 Å². The standard InChI is InChI=1S/C12H10O2S/c13-10-6-2-1-5-9(10)11-7-3-4-8-12(11,14)15-11/h1-8,13-14H. The van der Waals surface area contributed by atoms with E-state index in [2.05, 4.69) is 0 Å². The van der Waals surface area contributed by atoms with E-state index in [1.807, 2.05) is 30.4 Å². The Kier molecular flexibility index (Phi) is 1.62. The summed E-state index contributed by atoms with van der Waals surface area (Å²) in [6, 6.07) is 7.15. The first kappa shape index (κ1) is 9.07. The fourth-order valence-electron chi connectivity index (χ4n) is 2.03. The number of aliphatic hydroxyl groups is 1. The fourth-order valence-corrected chi connectivity index (χ4v) is 3.30. The smallest absolute Gasteiger partial charge is 0.153 e. The number of hydrogen-bond acceptors (Lipinski definition) is 3. The van der Waals surface area contributed by atoms with Crippen molar-refractivity contribution in [2.24, 2.45) is 0 Å². The van der Waals surface area contributed by atoms with Crippen LogP contribution in [0.15, 0.2) is 48.6 Å². The summed E-state index contributed by atoms with van der Waals surface area (Å²) in [5.74, 6) is 0.237. The first-order chi connectivity index (χ1) is 7.18. The maximum Gasteiger partial charge on any atom is 0.153 e. The van der Waals surface area contributed by atoms with Gasteiger partial charge in [0.1, 0.15) is 10.5 Å². The van der Waals surface area contributed by atoms with E-state index in [1.54, 1.807) is 18.2 Å². The predicted octanol–water partition coefficient (Wildman–Crippen LogP) is 2.15. The van der Waals surface area contributed by atoms with Gasteiger partial charge in [-0.15, -0.1) is 11.8 Å². The average Bonchev–Trinajstić information content (AvgIpc) is 2.86. The molecule has 1 heterocycles. The van der Waals surface area contributed by atoms with Crippen molar-refractivity contribution in [3.8, 4) is 5.75 Å². The SMILES string of the molecule is Oc1ccccc1C12C=CC=CC1(O)S2. The van der Waals surface area contributed by atoms with E-state index in [0.717, 1.165) is 5.56 Å². The Balaban J connectivity index is 2.14. The van der Waals surface area contributed by atoms with Crippen LogP contribution in [-0.4, -0.2) is 15.1 Å². The molecule has 0 saturated carbocycles. The molecular weight excluding hydrogens is 208 g/mol. The molecule has 0 bridgehead atoms. The number of phenols is 1. The third kappa shape index (κ3) is 1.05. The topological polar surface area (TPSA) is 40.5 Å². The molecule has 0 radical (unpaired) electrons. The highest BCUT2D eigenvalue weighted by Gasteiger charge is 2.68. The number of phenolic OH excluding ortho intramolecular Hbond substituents is 1. The van der Waals surface area contributed by atoms with Crippen molar-refractivity contribution >= 4 is 11.8 Å². The number of allylic oxidation sites excluding steroid dienone is 2. The monoisotopic (exact) mass is 218 g/mol. The van der Waals surface area contributed by atoms with E-state index in [-0.39, 0.29) is 5.75 Å². The van der Waals surface area contributed by atoms with Crippen LogP contribution < -0.4 is 0 Å². The summed E-state index contributed by atoms with van der Waals surface area (Å²) in [6.07, 6.45) is 7.44. The molecule has 2 N–H and O–H groups in total. The lowest BCUT2D eigenvalue weighted by atomic mass is 9.89. The van der Waals surface area contributed by atoms with Gasteiger partial charge in [0, 0.05) is 5.56 Å². The van der Waals surface area contributed by atoms with E-state index >= 15 is 0 Å². The minimum atomic E-state index is -0.874. The van der Waals surface area contributed by atoms with Gasteiger partial charge in [-0.3, -0.25) is 0 Å². The van der Waals surface area contributed by atoms with Gasteiger partial charge < -0.3 is 10.2 Å². The van der Waals surface area contributed by atoms with Crippen LogP contribution in [0, 0.1) is 0 Å². The highest BCUT2D eigenvalue weighted by molar-refractivity contribution is 8.09. The zero-order valence-electron chi connectivity index (χ0n) is 7.92. The predicted molar refractivity (Wildman–Crippen MR) is 60.6 cm³/mol. The number of aromatic hydroxyl groups is 1. The first-order valence-corrected chi connectivity index (χ1v) is 5.58. The molecule has 2 nitrogen and oxygen atoms in total.